The molecule has 31 heavy (non-hydrogen) atoms. The van der Waals surface area contributed by atoms with Crippen LogP contribution < -0.4 is 16.0 Å². The lowest BCUT2D eigenvalue weighted by Gasteiger charge is -2.28. The molecule has 4 rings (SSSR count). The molecule has 0 aromatic heterocycles. The van der Waals surface area contributed by atoms with E-state index >= 15 is 0 Å². The van der Waals surface area contributed by atoms with Crippen molar-refractivity contribution in [2.75, 3.05) is 23.8 Å². The number of nitrogens with zero attached hydrogens (tertiary/aromatic N) is 1. The Bertz CT molecular complexity index is 1010. The highest BCUT2D eigenvalue weighted by Gasteiger charge is 2.25. The average Bonchev–Trinajstić information content (AvgIpc) is 3.20. The van der Waals surface area contributed by atoms with E-state index in [-0.39, 0.29) is 12.0 Å². The smallest absolute Gasteiger partial charge is 0.410 e. The van der Waals surface area contributed by atoms with E-state index in [2.05, 4.69) is 22.9 Å². The number of aldehydes is 1. The number of anilines is 2. The molecule has 162 valence electrons. The molecule has 1 atom stereocenters. The van der Waals surface area contributed by atoms with E-state index in [1.807, 2.05) is 18.2 Å². The van der Waals surface area contributed by atoms with E-state index in [9.17, 15) is 14.4 Å². The first-order chi connectivity index (χ1) is 15.1. The molecule has 2 aromatic rings. The second-order valence-corrected chi connectivity index (χ2v) is 7.71. The molecule has 0 aliphatic carbocycles. The summed E-state index contributed by atoms with van der Waals surface area (Å²) in [5.74, 6) is -0.227. The molecule has 2 aromatic carbocycles. The van der Waals surface area contributed by atoms with Crippen LogP contribution in [0.2, 0.25) is 0 Å². The number of hydrogen-bond donors (Lipinski definition) is 3. The van der Waals surface area contributed by atoms with Gasteiger partial charge in [0.05, 0.1) is 18.0 Å². The molecule has 2 aliphatic heterocycles. The predicted octanol–water partition coefficient (Wildman–Crippen LogP) is 3.34. The summed E-state index contributed by atoms with van der Waals surface area (Å²) in [6.45, 7) is 3.55. The number of ether oxygens (including phenoxy) is 1. The second kappa shape index (κ2) is 9.07. The Balaban J connectivity index is 1.37. The predicted molar refractivity (Wildman–Crippen MR) is 117 cm³/mol. The van der Waals surface area contributed by atoms with Gasteiger partial charge in [0.15, 0.2) is 12.6 Å². The van der Waals surface area contributed by atoms with Gasteiger partial charge in [0.2, 0.25) is 0 Å². The van der Waals surface area contributed by atoms with Crippen LogP contribution in [0.1, 0.15) is 51.6 Å². The van der Waals surface area contributed by atoms with E-state index in [0.717, 1.165) is 35.9 Å². The van der Waals surface area contributed by atoms with Crippen molar-refractivity contribution in [2.24, 2.45) is 0 Å². The number of carbonyl (C=O) groups excluding carboxylic acids is 3. The number of nitrogens with one attached hydrogen (secondary N) is 3. The second-order valence-electron chi connectivity index (χ2n) is 7.71. The molecule has 0 saturated carbocycles. The van der Waals surface area contributed by atoms with Crippen molar-refractivity contribution >= 4 is 29.7 Å². The Labute approximate surface area is 180 Å². The van der Waals surface area contributed by atoms with Gasteiger partial charge in [-0.15, -0.1) is 0 Å². The van der Waals surface area contributed by atoms with Crippen LogP contribution in [0.25, 0.3) is 0 Å². The van der Waals surface area contributed by atoms with Gasteiger partial charge in [-0.2, -0.15) is 0 Å². The van der Waals surface area contributed by atoms with Crippen LogP contribution in [0.4, 0.5) is 16.2 Å². The lowest BCUT2D eigenvalue weighted by molar-refractivity contribution is 0.0938. The Morgan fingerprint density at radius 1 is 1.23 bits per heavy atom. The number of unbranched alkanes of at least 4 members (excludes halogenated alkanes) is 1. The Kier molecular flexibility index (Phi) is 6.06. The molecule has 2 heterocycles. The summed E-state index contributed by atoms with van der Waals surface area (Å²) in [5, 5.41) is 9.17. The fourth-order valence-corrected chi connectivity index (χ4v) is 3.82. The fraction of sp³-hybridized carbons (Fsp3) is 0.348. The molecule has 0 spiro atoms. The number of rotatable bonds is 6. The van der Waals surface area contributed by atoms with Gasteiger partial charge in [0.1, 0.15) is 0 Å². The van der Waals surface area contributed by atoms with Crippen LogP contribution in [-0.2, 0) is 17.7 Å². The molecule has 1 unspecified atom stereocenters. The molecule has 0 saturated heterocycles. The average molecular weight is 422 g/mol. The molecule has 0 fully saturated rings. The minimum atomic E-state index is -0.506. The minimum Gasteiger partial charge on any atom is -0.449 e. The maximum atomic E-state index is 12.8. The quantitative estimate of drug-likeness (QED) is 0.488. The summed E-state index contributed by atoms with van der Waals surface area (Å²) in [6.07, 6.45) is 2.51. The van der Waals surface area contributed by atoms with E-state index in [0.29, 0.717) is 42.9 Å². The van der Waals surface area contributed by atoms with Gasteiger partial charge >= 0.3 is 6.09 Å². The third kappa shape index (κ3) is 4.47. The van der Waals surface area contributed by atoms with Crippen molar-refractivity contribution in [3.63, 3.8) is 0 Å². The maximum Gasteiger partial charge on any atom is 0.410 e. The van der Waals surface area contributed by atoms with E-state index in [1.165, 1.54) is 0 Å². The van der Waals surface area contributed by atoms with Crippen LogP contribution in [0.15, 0.2) is 36.4 Å². The third-order valence-corrected chi connectivity index (χ3v) is 5.55. The molecular formula is C23H26N4O4. The summed E-state index contributed by atoms with van der Waals surface area (Å²) < 4.78 is 5.30. The van der Waals surface area contributed by atoms with Crippen LogP contribution in [0, 0.1) is 0 Å². The van der Waals surface area contributed by atoms with Gasteiger partial charge in [-0.1, -0.05) is 25.5 Å². The molecule has 0 bridgehead atoms. The standard InChI is InChI=1S/C23H26N4O4/c1-2-3-11-31-23(30)27-10-9-15-12-16(7-8-17(15)13-27)21(29)26-22-24-19-6-4-5-18(14-28)20(19)25-22/h4-8,12,14,22,24-25H,2-3,9-11,13H2,1H3,(H,26,29). The Hall–Kier alpha value is -3.55. The minimum absolute atomic E-state index is 0.227. The molecule has 2 aliphatic rings. The lowest BCUT2D eigenvalue weighted by atomic mass is 9.97. The van der Waals surface area contributed by atoms with Crippen LogP contribution in [0.3, 0.4) is 0 Å². The van der Waals surface area contributed by atoms with Crippen LogP contribution in [0.5, 0.6) is 0 Å². The third-order valence-electron chi connectivity index (χ3n) is 5.55. The van der Waals surface area contributed by atoms with E-state index in [1.54, 1.807) is 23.1 Å². The highest BCUT2D eigenvalue weighted by Crippen LogP contribution is 2.31. The molecule has 3 N–H and O–H groups in total. The number of fused-ring (bicyclic) bond motifs is 2. The van der Waals surface area contributed by atoms with Crippen molar-refractivity contribution in [1.82, 2.24) is 10.2 Å². The number of hydrogen-bond acceptors (Lipinski definition) is 6. The summed E-state index contributed by atoms with van der Waals surface area (Å²) in [6, 6.07) is 10.9. The van der Waals surface area contributed by atoms with Crippen LogP contribution in [-0.4, -0.2) is 42.6 Å². The summed E-state index contributed by atoms with van der Waals surface area (Å²) in [7, 11) is 0. The summed E-state index contributed by atoms with van der Waals surface area (Å²) in [4.78, 5) is 37.9. The molecule has 0 radical (unpaired) electrons. The SMILES string of the molecule is CCCCOC(=O)N1CCc2cc(C(=O)NC3Nc4cccc(C=O)c4N3)ccc2C1. The first kappa shape index (κ1) is 20.7. The first-order valence-electron chi connectivity index (χ1n) is 10.5. The van der Waals surface area contributed by atoms with Crippen molar-refractivity contribution in [1.29, 1.82) is 0 Å². The van der Waals surface area contributed by atoms with Crippen molar-refractivity contribution in [2.45, 2.75) is 39.0 Å². The number of carbonyl (C=O) groups is 3. The van der Waals surface area contributed by atoms with Gasteiger partial charge in [-0.05, 0) is 48.2 Å². The van der Waals surface area contributed by atoms with Crippen LogP contribution >= 0.6 is 0 Å². The van der Waals surface area contributed by atoms with Gasteiger partial charge in [0.25, 0.3) is 5.91 Å². The molecule has 2 amide bonds. The number of benzene rings is 2. The fourth-order valence-electron chi connectivity index (χ4n) is 3.82. The van der Waals surface area contributed by atoms with E-state index in [4.69, 9.17) is 4.74 Å². The van der Waals surface area contributed by atoms with Gasteiger partial charge in [-0.3, -0.25) is 9.59 Å². The number of para-hydroxylation sites is 1. The molecular weight excluding hydrogens is 396 g/mol. The lowest BCUT2D eigenvalue weighted by Crippen LogP contribution is -2.43. The topological polar surface area (TPSA) is 99.8 Å². The zero-order valence-electron chi connectivity index (χ0n) is 17.4. The zero-order chi connectivity index (χ0) is 21.8. The van der Waals surface area contributed by atoms with Crippen molar-refractivity contribution in [3.8, 4) is 0 Å². The number of amides is 2. The maximum absolute atomic E-state index is 12.8. The summed E-state index contributed by atoms with van der Waals surface area (Å²) >= 11 is 0. The normalized spacial score (nSPS) is 16.4. The van der Waals surface area contributed by atoms with Gasteiger partial charge in [-0.25, -0.2) is 4.79 Å². The van der Waals surface area contributed by atoms with Gasteiger partial charge < -0.3 is 25.6 Å². The molecule has 8 heteroatoms. The summed E-state index contributed by atoms with van der Waals surface area (Å²) in [5.41, 5.74) is 4.62. The zero-order valence-corrected chi connectivity index (χ0v) is 17.4. The largest absolute Gasteiger partial charge is 0.449 e. The van der Waals surface area contributed by atoms with Crippen molar-refractivity contribution < 1.29 is 19.1 Å². The first-order valence-corrected chi connectivity index (χ1v) is 10.5. The monoisotopic (exact) mass is 422 g/mol. The highest BCUT2D eigenvalue weighted by molar-refractivity contribution is 5.97. The Morgan fingerprint density at radius 3 is 2.90 bits per heavy atom. The highest BCUT2D eigenvalue weighted by atomic mass is 16.6. The molecule has 8 nitrogen and oxygen atoms in total. The van der Waals surface area contributed by atoms with Crippen molar-refractivity contribution in [3.05, 3.63) is 58.7 Å². The van der Waals surface area contributed by atoms with E-state index < -0.39 is 6.29 Å². The van der Waals surface area contributed by atoms with Gasteiger partial charge in [0, 0.05) is 24.2 Å². The Morgan fingerprint density at radius 2 is 2.10 bits per heavy atom.